The first-order valence-electron chi connectivity index (χ1n) is 6.01. The van der Waals surface area contributed by atoms with Crippen LogP contribution in [0.25, 0.3) is 0 Å². The summed E-state index contributed by atoms with van der Waals surface area (Å²) in [6.07, 6.45) is 5.92. The Labute approximate surface area is 112 Å². The lowest BCUT2D eigenvalue weighted by atomic mass is 9.99. The Morgan fingerprint density at radius 1 is 1.56 bits per heavy atom. The Hall–Kier alpha value is -1.25. The van der Waals surface area contributed by atoms with Crippen LogP contribution in [0, 0.1) is 11.3 Å². The molecule has 5 heteroatoms. The number of pyridine rings is 1. The van der Waals surface area contributed by atoms with E-state index in [1.54, 1.807) is 18.3 Å². The van der Waals surface area contributed by atoms with Crippen LogP contribution in [0.15, 0.2) is 18.3 Å². The average Bonchev–Trinajstić information content (AvgIpc) is 2.46. The molecule has 0 amide bonds. The lowest BCUT2D eigenvalue weighted by molar-refractivity contribution is 0.0802. The van der Waals surface area contributed by atoms with Gasteiger partial charge in [0.1, 0.15) is 5.82 Å². The zero-order valence-corrected chi connectivity index (χ0v) is 11.3. The maximum atomic E-state index is 8.85. The van der Waals surface area contributed by atoms with Gasteiger partial charge in [0.05, 0.1) is 11.6 Å². The number of nitriles is 1. The molecule has 1 saturated heterocycles. The molecular weight excluding hydrogens is 246 g/mol. The number of rotatable bonds is 4. The van der Waals surface area contributed by atoms with Gasteiger partial charge in [-0.1, -0.05) is 0 Å². The maximum absolute atomic E-state index is 8.85. The molecular formula is C13H17N3OS. The van der Waals surface area contributed by atoms with Gasteiger partial charge in [-0.15, -0.1) is 0 Å². The third kappa shape index (κ3) is 3.15. The molecule has 0 saturated carbocycles. The van der Waals surface area contributed by atoms with E-state index in [4.69, 9.17) is 10.00 Å². The quantitative estimate of drug-likeness (QED) is 0.903. The van der Waals surface area contributed by atoms with E-state index < -0.39 is 0 Å². The smallest absolute Gasteiger partial charge is 0.127 e. The molecule has 1 N–H and O–H groups in total. The van der Waals surface area contributed by atoms with Crippen molar-refractivity contribution in [1.82, 2.24) is 4.98 Å². The monoisotopic (exact) mass is 263 g/mol. The highest BCUT2D eigenvalue weighted by Crippen LogP contribution is 2.33. The summed E-state index contributed by atoms with van der Waals surface area (Å²) in [6, 6.07) is 5.62. The molecule has 4 nitrogen and oxygen atoms in total. The Morgan fingerprint density at radius 2 is 2.33 bits per heavy atom. The second kappa shape index (κ2) is 6.07. The lowest BCUT2D eigenvalue weighted by Gasteiger charge is -2.35. The highest BCUT2D eigenvalue weighted by molar-refractivity contribution is 8.00. The van der Waals surface area contributed by atoms with Crippen molar-refractivity contribution in [3.05, 3.63) is 23.9 Å². The number of nitrogens with one attached hydrogen (secondary N) is 1. The second-order valence-corrected chi connectivity index (χ2v) is 5.67. The average molecular weight is 263 g/mol. The van der Waals surface area contributed by atoms with Crippen LogP contribution in [-0.2, 0) is 4.74 Å². The van der Waals surface area contributed by atoms with Gasteiger partial charge < -0.3 is 10.1 Å². The number of nitrogens with zero attached hydrogens (tertiary/aromatic N) is 2. The van der Waals surface area contributed by atoms with Gasteiger partial charge >= 0.3 is 0 Å². The molecule has 1 aromatic rings. The summed E-state index contributed by atoms with van der Waals surface area (Å²) in [7, 11) is 0. The molecule has 96 valence electrons. The summed E-state index contributed by atoms with van der Waals surface area (Å²) < 4.78 is 5.64. The molecule has 0 bridgehead atoms. The zero-order valence-electron chi connectivity index (χ0n) is 10.5. The predicted octanol–water partition coefficient (Wildman–Crippen LogP) is 2.28. The maximum Gasteiger partial charge on any atom is 0.127 e. The summed E-state index contributed by atoms with van der Waals surface area (Å²) in [6.45, 7) is 2.52. The van der Waals surface area contributed by atoms with Crippen LogP contribution in [0.2, 0.25) is 0 Å². The van der Waals surface area contributed by atoms with Crippen molar-refractivity contribution < 1.29 is 4.74 Å². The molecule has 0 aromatic carbocycles. The highest BCUT2D eigenvalue weighted by Gasteiger charge is 2.31. The number of anilines is 1. The second-order valence-electron chi connectivity index (χ2n) is 4.39. The largest absolute Gasteiger partial charge is 0.381 e. The van der Waals surface area contributed by atoms with E-state index in [0.717, 1.165) is 38.4 Å². The van der Waals surface area contributed by atoms with Crippen LogP contribution < -0.4 is 5.32 Å². The van der Waals surface area contributed by atoms with Gasteiger partial charge in [0.2, 0.25) is 0 Å². The number of hydrogen-bond donors (Lipinski definition) is 1. The van der Waals surface area contributed by atoms with Crippen LogP contribution in [0.4, 0.5) is 5.82 Å². The van der Waals surface area contributed by atoms with E-state index in [1.165, 1.54) is 0 Å². The van der Waals surface area contributed by atoms with Crippen LogP contribution in [-0.4, -0.2) is 35.7 Å². The molecule has 1 fully saturated rings. The normalized spacial score (nSPS) is 18.0. The van der Waals surface area contributed by atoms with Crippen LogP contribution in [0.5, 0.6) is 0 Å². The van der Waals surface area contributed by atoms with E-state index in [2.05, 4.69) is 22.6 Å². The Morgan fingerprint density at radius 3 is 3.00 bits per heavy atom. The highest BCUT2D eigenvalue weighted by atomic mass is 32.2. The van der Waals surface area contributed by atoms with Crippen molar-refractivity contribution in [1.29, 1.82) is 5.26 Å². The van der Waals surface area contributed by atoms with Crippen LogP contribution >= 0.6 is 11.8 Å². The molecule has 2 rings (SSSR count). The molecule has 0 spiro atoms. The summed E-state index contributed by atoms with van der Waals surface area (Å²) in [5.74, 6) is 0.772. The van der Waals surface area contributed by atoms with Gasteiger partial charge in [0, 0.05) is 30.7 Å². The van der Waals surface area contributed by atoms with Crippen molar-refractivity contribution in [2.24, 2.45) is 0 Å². The fraction of sp³-hybridized carbons (Fsp3) is 0.538. The van der Waals surface area contributed by atoms with Crippen molar-refractivity contribution in [3.8, 4) is 6.07 Å². The molecule has 2 heterocycles. The van der Waals surface area contributed by atoms with Gasteiger partial charge in [-0.2, -0.15) is 17.0 Å². The molecule has 18 heavy (non-hydrogen) atoms. The van der Waals surface area contributed by atoms with Crippen molar-refractivity contribution >= 4 is 17.6 Å². The lowest BCUT2D eigenvalue weighted by Crippen LogP contribution is -2.39. The predicted molar refractivity (Wildman–Crippen MR) is 73.7 cm³/mol. The van der Waals surface area contributed by atoms with Crippen LogP contribution in [0.3, 0.4) is 0 Å². The third-order valence-electron chi connectivity index (χ3n) is 3.32. The Kier molecular flexibility index (Phi) is 4.45. The first-order chi connectivity index (χ1) is 8.78. The number of aromatic nitrogens is 1. The molecule has 0 unspecified atom stereocenters. The topological polar surface area (TPSA) is 57.9 Å². The molecule has 1 aliphatic rings. The first kappa shape index (κ1) is 13.2. The zero-order chi connectivity index (χ0) is 12.8. The van der Waals surface area contributed by atoms with E-state index in [9.17, 15) is 0 Å². The number of hydrogen-bond acceptors (Lipinski definition) is 5. The van der Waals surface area contributed by atoms with E-state index in [1.807, 2.05) is 11.8 Å². The Balaban J connectivity index is 1.99. The van der Waals surface area contributed by atoms with E-state index in [-0.39, 0.29) is 4.75 Å². The van der Waals surface area contributed by atoms with Gasteiger partial charge in [0.25, 0.3) is 0 Å². The summed E-state index contributed by atoms with van der Waals surface area (Å²) in [5, 5.41) is 12.2. The number of thioether (sulfide) groups is 1. The molecule has 0 aliphatic carbocycles. The van der Waals surface area contributed by atoms with Crippen molar-refractivity contribution in [3.63, 3.8) is 0 Å². The fourth-order valence-electron chi connectivity index (χ4n) is 2.04. The van der Waals surface area contributed by atoms with Crippen molar-refractivity contribution in [2.75, 3.05) is 31.3 Å². The van der Waals surface area contributed by atoms with Gasteiger partial charge in [0.15, 0.2) is 0 Å². The number of ether oxygens (including phenoxy) is 1. The first-order valence-corrected chi connectivity index (χ1v) is 7.23. The molecule has 0 atom stereocenters. The summed E-state index contributed by atoms with van der Waals surface area (Å²) in [5.41, 5.74) is 0.637. The summed E-state index contributed by atoms with van der Waals surface area (Å²) in [4.78, 5) is 4.23. The minimum atomic E-state index is 0.225. The van der Waals surface area contributed by atoms with Gasteiger partial charge in [-0.3, -0.25) is 0 Å². The van der Waals surface area contributed by atoms with Crippen molar-refractivity contribution in [2.45, 2.75) is 17.6 Å². The van der Waals surface area contributed by atoms with Gasteiger partial charge in [-0.25, -0.2) is 4.98 Å². The Bertz CT molecular complexity index is 438. The molecule has 1 aromatic heterocycles. The minimum absolute atomic E-state index is 0.225. The van der Waals surface area contributed by atoms with Crippen LogP contribution in [0.1, 0.15) is 18.4 Å². The van der Waals surface area contributed by atoms with E-state index >= 15 is 0 Å². The SMILES string of the molecule is CSC1(CNc2cc(C#N)ccn2)CCOCC1. The standard InChI is InChI=1S/C13H17N3OS/c1-18-13(3-6-17-7-4-13)10-16-12-8-11(9-14)2-5-15-12/h2,5,8H,3-4,6-7,10H2,1H3,(H,15,16). The fourth-order valence-corrected chi connectivity index (χ4v) is 2.84. The molecule has 0 radical (unpaired) electrons. The minimum Gasteiger partial charge on any atom is -0.381 e. The van der Waals surface area contributed by atoms with E-state index in [0.29, 0.717) is 5.56 Å². The third-order valence-corrected chi connectivity index (χ3v) is 4.74. The molecule has 1 aliphatic heterocycles. The van der Waals surface area contributed by atoms with Gasteiger partial charge in [-0.05, 0) is 31.2 Å². The summed E-state index contributed by atoms with van der Waals surface area (Å²) >= 11 is 1.89.